The second kappa shape index (κ2) is 5.73. The fourth-order valence-electron chi connectivity index (χ4n) is 1.95. The lowest BCUT2D eigenvalue weighted by Crippen LogP contribution is -1.89. The monoisotopic (exact) mass is 296 g/mol. The van der Waals surface area contributed by atoms with Gasteiger partial charge in [-0.25, -0.2) is 0 Å². The Kier molecular flexibility index (Phi) is 3.63. The molecule has 1 aromatic carbocycles. The SMILES string of the molecule is N#CCc1ccccc1-c1nc(-c2ncccc2Cl)no1. The molecule has 0 unspecified atom stereocenters. The molecule has 0 spiro atoms. The lowest BCUT2D eigenvalue weighted by molar-refractivity contribution is 0.432. The number of aromatic nitrogens is 3. The van der Waals surface area contributed by atoms with Crippen molar-refractivity contribution in [1.82, 2.24) is 15.1 Å². The quantitative estimate of drug-likeness (QED) is 0.739. The first-order valence-electron chi connectivity index (χ1n) is 6.19. The second-order valence-corrected chi connectivity index (χ2v) is 4.66. The maximum absolute atomic E-state index is 8.87. The van der Waals surface area contributed by atoms with E-state index in [-0.39, 0.29) is 6.42 Å². The molecule has 0 aliphatic rings. The summed E-state index contributed by atoms with van der Waals surface area (Å²) in [4.78, 5) is 8.47. The third kappa shape index (κ3) is 2.62. The Morgan fingerprint density at radius 2 is 2.05 bits per heavy atom. The van der Waals surface area contributed by atoms with E-state index in [0.29, 0.717) is 22.4 Å². The van der Waals surface area contributed by atoms with E-state index in [1.165, 1.54) is 0 Å². The number of benzene rings is 1. The highest BCUT2D eigenvalue weighted by Crippen LogP contribution is 2.27. The van der Waals surface area contributed by atoms with Crippen LogP contribution in [0.2, 0.25) is 5.02 Å². The lowest BCUT2D eigenvalue weighted by atomic mass is 10.1. The highest BCUT2D eigenvalue weighted by Gasteiger charge is 2.16. The zero-order valence-electron chi connectivity index (χ0n) is 10.8. The molecule has 3 rings (SSSR count). The molecule has 0 radical (unpaired) electrons. The van der Waals surface area contributed by atoms with Crippen molar-refractivity contribution in [2.24, 2.45) is 0 Å². The van der Waals surface area contributed by atoms with Crippen molar-refractivity contribution >= 4 is 11.6 Å². The van der Waals surface area contributed by atoms with E-state index < -0.39 is 0 Å². The van der Waals surface area contributed by atoms with Crippen LogP contribution in [0.5, 0.6) is 0 Å². The summed E-state index contributed by atoms with van der Waals surface area (Å²) in [5.74, 6) is 0.667. The van der Waals surface area contributed by atoms with E-state index in [9.17, 15) is 0 Å². The first-order chi connectivity index (χ1) is 10.3. The van der Waals surface area contributed by atoms with Crippen molar-refractivity contribution in [2.75, 3.05) is 0 Å². The third-order valence-electron chi connectivity index (χ3n) is 2.91. The smallest absolute Gasteiger partial charge is 0.258 e. The van der Waals surface area contributed by atoms with Crippen LogP contribution in [-0.2, 0) is 6.42 Å². The van der Waals surface area contributed by atoms with Crippen molar-refractivity contribution in [3.63, 3.8) is 0 Å². The van der Waals surface area contributed by atoms with E-state index in [1.807, 2.05) is 24.3 Å². The van der Waals surface area contributed by atoms with Gasteiger partial charge in [-0.2, -0.15) is 10.2 Å². The van der Waals surface area contributed by atoms with Crippen LogP contribution in [0.1, 0.15) is 5.56 Å². The summed E-state index contributed by atoms with van der Waals surface area (Å²) in [6.45, 7) is 0. The molecule has 0 N–H and O–H groups in total. The van der Waals surface area contributed by atoms with E-state index in [2.05, 4.69) is 21.2 Å². The Morgan fingerprint density at radius 3 is 2.86 bits per heavy atom. The molecule has 6 heteroatoms. The molecule has 0 saturated heterocycles. The van der Waals surface area contributed by atoms with Crippen molar-refractivity contribution in [2.45, 2.75) is 6.42 Å². The van der Waals surface area contributed by atoms with E-state index in [1.54, 1.807) is 18.3 Å². The standard InChI is InChI=1S/C15H9ClN4O/c16-12-6-3-9-18-13(12)14-19-15(21-20-14)11-5-2-1-4-10(11)7-8-17/h1-6,9H,7H2. The molecule has 0 atom stereocenters. The number of rotatable bonds is 3. The van der Waals surface area contributed by atoms with Gasteiger partial charge in [-0.3, -0.25) is 4.98 Å². The zero-order valence-corrected chi connectivity index (χ0v) is 11.6. The molecular formula is C15H9ClN4O. The van der Waals surface area contributed by atoms with Gasteiger partial charge in [-0.1, -0.05) is 35.0 Å². The Morgan fingerprint density at radius 1 is 1.19 bits per heavy atom. The topological polar surface area (TPSA) is 75.6 Å². The van der Waals surface area contributed by atoms with Gasteiger partial charge >= 0.3 is 0 Å². The number of hydrogen-bond acceptors (Lipinski definition) is 5. The summed E-state index contributed by atoms with van der Waals surface area (Å²) < 4.78 is 5.28. The van der Waals surface area contributed by atoms with E-state index in [0.717, 1.165) is 11.1 Å². The van der Waals surface area contributed by atoms with Gasteiger partial charge in [0.2, 0.25) is 5.82 Å². The molecule has 0 fully saturated rings. The Hall–Kier alpha value is -2.71. The molecule has 3 aromatic rings. The average Bonchev–Trinajstić information content (AvgIpc) is 2.98. The number of pyridine rings is 1. The van der Waals surface area contributed by atoms with Crippen LogP contribution < -0.4 is 0 Å². The van der Waals surface area contributed by atoms with Gasteiger partial charge in [-0.15, -0.1) is 0 Å². The molecule has 2 heterocycles. The van der Waals surface area contributed by atoms with Crippen LogP contribution in [-0.4, -0.2) is 15.1 Å². The highest BCUT2D eigenvalue weighted by molar-refractivity contribution is 6.32. The second-order valence-electron chi connectivity index (χ2n) is 4.25. The largest absolute Gasteiger partial charge is 0.334 e. The number of halogens is 1. The molecule has 0 aliphatic carbocycles. The molecule has 0 bridgehead atoms. The first-order valence-corrected chi connectivity index (χ1v) is 6.57. The van der Waals surface area contributed by atoms with Gasteiger partial charge < -0.3 is 4.52 Å². The maximum Gasteiger partial charge on any atom is 0.258 e. The predicted octanol–water partition coefficient (Wildman–Crippen LogP) is 3.52. The van der Waals surface area contributed by atoms with Gasteiger partial charge in [0.05, 0.1) is 17.5 Å². The minimum absolute atomic E-state index is 0.276. The molecule has 21 heavy (non-hydrogen) atoms. The van der Waals surface area contributed by atoms with Crippen molar-refractivity contribution < 1.29 is 4.52 Å². The molecular weight excluding hydrogens is 288 g/mol. The fraction of sp³-hybridized carbons (Fsp3) is 0.0667. The summed E-state index contributed by atoms with van der Waals surface area (Å²) in [6, 6.07) is 13.0. The fourth-order valence-corrected chi connectivity index (χ4v) is 2.15. The van der Waals surface area contributed by atoms with Crippen LogP contribution in [0.4, 0.5) is 0 Å². The number of nitrogens with zero attached hydrogens (tertiary/aromatic N) is 4. The highest BCUT2D eigenvalue weighted by atomic mass is 35.5. The molecule has 0 aliphatic heterocycles. The maximum atomic E-state index is 8.87. The lowest BCUT2D eigenvalue weighted by Gasteiger charge is -2.00. The van der Waals surface area contributed by atoms with Crippen molar-refractivity contribution in [3.05, 3.63) is 53.2 Å². The Bertz CT molecular complexity index is 822. The van der Waals surface area contributed by atoms with E-state index >= 15 is 0 Å². The van der Waals surface area contributed by atoms with Crippen molar-refractivity contribution in [1.29, 1.82) is 5.26 Å². The summed E-state index contributed by atoms with van der Waals surface area (Å²) in [7, 11) is 0. The van der Waals surface area contributed by atoms with Gasteiger partial charge in [0.1, 0.15) is 5.69 Å². The Balaban J connectivity index is 2.04. The minimum Gasteiger partial charge on any atom is -0.334 e. The van der Waals surface area contributed by atoms with E-state index in [4.69, 9.17) is 21.4 Å². The van der Waals surface area contributed by atoms with Gasteiger partial charge in [-0.05, 0) is 23.8 Å². The third-order valence-corrected chi connectivity index (χ3v) is 3.22. The summed E-state index contributed by atoms with van der Waals surface area (Å²) in [6.07, 6.45) is 1.89. The van der Waals surface area contributed by atoms with Crippen molar-refractivity contribution in [3.8, 4) is 29.0 Å². The predicted molar refractivity (Wildman–Crippen MR) is 77.3 cm³/mol. The van der Waals surface area contributed by atoms with Crippen LogP contribution in [0.3, 0.4) is 0 Å². The summed E-state index contributed by atoms with van der Waals surface area (Å²) in [5.41, 5.74) is 2.04. The zero-order chi connectivity index (χ0) is 14.7. The first kappa shape index (κ1) is 13.3. The van der Waals surface area contributed by atoms with Gasteiger partial charge in [0.15, 0.2) is 0 Å². The molecule has 102 valence electrons. The Labute approximate surface area is 125 Å². The molecule has 2 aromatic heterocycles. The molecule has 5 nitrogen and oxygen atoms in total. The summed E-state index contributed by atoms with van der Waals surface area (Å²) in [5, 5.41) is 13.2. The molecule has 0 amide bonds. The number of hydrogen-bond donors (Lipinski definition) is 0. The van der Waals surface area contributed by atoms with Gasteiger partial charge in [0, 0.05) is 11.8 Å². The molecule has 0 saturated carbocycles. The number of nitriles is 1. The normalized spacial score (nSPS) is 10.3. The van der Waals surface area contributed by atoms with Crippen LogP contribution >= 0.6 is 11.6 Å². The average molecular weight is 297 g/mol. The van der Waals surface area contributed by atoms with Crippen LogP contribution in [0, 0.1) is 11.3 Å². The van der Waals surface area contributed by atoms with Gasteiger partial charge in [0.25, 0.3) is 5.89 Å². The van der Waals surface area contributed by atoms with Crippen LogP contribution in [0.25, 0.3) is 23.0 Å². The summed E-state index contributed by atoms with van der Waals surface area (Å²) >= 11 is 6.07. The minimum atomic E-state index is 0.276. The van der Waals surface area contributed by atoms with Crippen LogP contribution in [0.15, 0.2) is 47.1 Å².